The second kappa shape index (κ2) is 5.82. The molecule has 2 nitrogen and oxygen atoms in total. The first-order valence-corrected chi connectivity index (χ1v) is 3.74. The average Bonchev–Trinajstić information content (AvgIpc) is 1.80. The molecule has 0 N–H and O–H groups in total. The van der Waals surface area contributed by atoms with Crippen LogP contribution in [-0.2, 0) is 9.53 Å². The third-order valence-electron chi connectivity index (χ3n) is 0.639. The molecule has 0 aromatic rings. The molecule has 52 valence electrons. The van der Waals surface area contributed by atoms with Crippen LogP contribution >= 0.6 is 15.9 Å². The smallest absolute Gasteiger partial charge is 0.302 e. The normalized spacial score (nSPS) is 10.0. The Morgan fingerprint density at radius 2 is 2.33 bits per heavy atom. The summed E-state index contributed by atoms with van der Waals surface area (Å²) in [5.74, 6) is -0.241. The van der Waals surface area contributed by atoms with Gasteiger partial charge in [-0.3, -0.25) is 4.79 Å². The fourth-order valence-electron chi connectivity index (χ4n) is 0.297. The Hall–Kier alpha value is -0.310. The van der Waals surface area contributed by atoms with E-state index in [0.29, 0.717) is 6.61 Å². The Bertz CT molecular complexity index is 110. The SMILES string of the molecule is CC(=O)OC/C=C\CBr. The van der Waals surface area contributed by atoms with Crippen LogP contribution in [0, 0.1) is 0 Å². The fraction of sp³-hybridized carbons (Fsp3) is 0.500. The molecule has 0 saturated heterocycles. The fourth-order valence-corrected chi connectivity index (χ4v) is 0.561. The van der Waals surface area contributed by atoms with Crippen molar-refractivity contribution in [2.24, 2.45) is 0 Å². The topological polar surface area (TPSA) is 26.3 Å². The molecule has 0 radical (unpaired) electrons. The van der Waals surface area contributed by atoms with E-state index in [0.717, 1.165) is 5.33 Å². The molecule has 0 saturated carbocycles. The van der Waals surface area contributed by atoms with Gasteiger partial charge in [-0.2, -0.15) is 0 Å². The molecule has 0 fully saturated rings. The highest BCUT2D eigenvalue weighted by Crippen LogP contribution is 1.82. The van der Waals surface area contributed by atoms with Crippen LogP contribution in [0.3, 0.4) is 0 Å². The lowest BCUT2D eigenvalue weighted by Gasteiger charge is -1.92. The van der Waals surface area contributed by atoms with E-state index < -0.39 is 0 Å². The highest BCUT2D eigenvalue weighted by molar-refractivity contribution is 9.09. The van der Waals surface area contributed by atoms with Gasteiger partial charge in [0, 0.05) is 12.3 Å². The van der Waals surface area contributed by atoms with Crippen LogP contribution in [0.15, 0.2) is 12.2 Å². The lowest BCUT2D eigenvalue weighted by Crippen LogP contribution is -1.97. The Kier molecular flexibility index (Phi) is 5.62. The molecule has 0 heterocycles. The Morgan fingerprint density at radius 1 is 1.67 bits per heavy atom. The van der Waals surface area contributed by atoms with E-state index in [4.69, 9.17) is 0 Å². The Labute approximate surface area is 63.0 Å². The molecule has 0 spiro atoms. The maximum atomic E-state index is 10.1. The van der Waals surface area contributed by atoms with Crippen LogP contribution in [-0.4, -0.2) is 17.9 Å². The molecule has 0 aromatic heterocycles. The van der Waals surface area contributed by atoms with Crippen LogP contribution in [0.4, 0.5) is 0 Å². The predicted octanol–water partition coefficient (Wildman–Crippen LogP) is 1.50. The highest BCUT2D eigenvalue weighted by atomic mass is 79.9. The maximum Gasteiger partial charge on any atom is 0.302 e. The van der Waals surface area contributed by atoms with E-state index in [2.05, 4.69) is 20.7 Å². The summed E-state index contributed by atoms with van der Waals surface area (Å²) in [5.41, 5.74) is 0. The zero-order valence-electron chi connectivity index (χ0n) is 5.26. The summed E-state index contributed by atoms with van der Waals surface area (Å²) in [7, 11) is 0. The molecule has 9 heavy (non-hydrogen) atoms. The number of hydrogen-bond donors (Lipinski definition) is 0. The standard InChI is InChI=1S/C6H9BrO2/c1-6(8)9-5-3-2-4-7/h2-3H,4-5H2,1H3/b3-2-. The van der Waals surface area contributed by atoms with Gasteiger partial charge >= 0.3 is 5.97 Å². The van der Waals surface area contributed by atoms with Gasteiger partial charge in [0.05, 0.1) is 0 Å². The molecule has 0 atom stereocenters. The molecular weight excluding hydrogens is 184 g/mol. The van der Waals surface area contributed by atoms with Crippen LogP contribution in [0.25, 0.3) is 0 Å². The van der Waals surface area contributed by atoms with Gasteiger partial charge in [0.25, 0.3) is 0 Å². The largest absolute Gasteiger partial charge is 0.462 e. The van der Waals surface area contributed by atoms with Gasteiger partial charge in [-0.15, -0.1) is 0 Å². The van der Waals surface area contributed by atoms with Crippen molar-refractivity contribution in [2.75, 3.05) is 11.9 Å². The summed E-state index contributed by atoms with van der Waals surface area (Å²) < 4.78 is 4.60. The van der Waals surface area contributed by atoms with Gasteiger partial charge in [-0.25, -0.2) is 0 Å². The van der Waals surface area contributed by atoms with Crippen LogP contribution < -0.4 is 0 Å². The van der Waals surface area contributed by atoms with Crippen molar-refractivity contribution >= 4 is 21.9 Å². The van der Waals surface area contributed by atoms with Crippen molar-refractivity contribution < 1.29 is 9.53 Å². The minimum absolute atomic E-state index is 0.241. The molecular formula is C6H9BrO2. The lowest BCUT2D eigenvalue weighted by molar-refractivity contribution is -0.139. The third-order valence-corrected chi connectivity index (χ3v) is 1.01. The Morgan fingerprint density at radius 3 is 2.78 bits per heavy atom. The summed E-state index contributed by atoms with van der Waals surface area (Å²) in [6.07, 6.45) is 3.67. The first-order valence-electron chi connectivity index (χ1n) is 2.61. The van der Waals surface area contributed by atoms with Crippen molar-refractivity contribution in [3.8, 4) is 0 Å². The number of carbonyl (C=O) groups excluding carboxylic acids is 1. The first kappa shape index (κ1) is 8.69. The summed E-state index contributed by atoms with van der Waals surface area (Å²) in [6.45, 7) is 1.77. The molecule has 0 aliphatic rings. The molecule has 3 heteroatoms. The van der Waals surface area contributed by atoms with Gasteiger partial charge in [0.15, 0.2) is 0 Å². The summed E-state index contributed by atoms with van der Waals surface area (Å²) in [6, 6.07) is 0. The second-order valence-electron chi connectivity index (χ2n) is 1.43. The zero-order valence-corrected chi connectivity index (χ0v) is 6.85. The number of rotatable bonds is 3. The summed E-state index contributed by atoms with van der Waals surface area (Å²) >= 11 is 3.19. The van der Waals surface area contributed by atoms with Gasteiger partial charge in [0.2, 0.25) is 0 Å². The van der Waals surface area contributed by atoms with Gasteiger partial charge < -0.3 is 4.74 Å². The number of halogens is 1. The van der Waals surface area contributed by atoms with Crippen molar-refractivity contribution in [3.63, 3.8) is 0 Å². The monoisotopic (exact) mass is 192 g/mol. The number of ether oxygens (including phenoxy) is 1. The number of alkyl halides is 1. The van der Waals surface area contributed by atoms with E-state index >= 15 is 0 Å². The Balaban J connectivity index is 3.09. The minimum atomic E-state index is -0.241. The third kappa shape index (κ3) is 7.69. The van der Waals surface area contributed by atoms with Crippen LogP contribution in [0.2, 0.25) is 0 Å². The van der Waals surface area contributed by atoms with Gasteiger partial charge in [-0.05, 0) is 0 Å². The summed E-state index contributed by atoms with van der Waals surface area (Å²) in [4.78, 5) is 10.1. The van der Waals surface area contributed by atoms with E-state index in [1.807, 2.05) is 6.08 Å². The van der Waals surface area contributed by atoms with E-state index in [9.17, 15) is 4.79 Å². The minimum Gasteiger partial charge on any atom is -0.462 e. The van der Waals surface area contributed by atoms with Crippen LogP contribution in [0.1, 0.15) is 6.92 Å². The van der Waals surface area contributed by atoms with Crippen molar-refractivity contribution in [1.29, 1.82) is 0 Å². The van der Waals surface area contributed by atoms with Crippen molar-refractivity contribution in [3.05, 3.63) is 12.2 Å². The van der Waals surface area contributed by atoms with Gasteiger partial charge in [-0.1, -0.05) is 28.1 Å². The lowest BCUT2D eigenvalue weighted by atomic mass is 10.5. The zero-order chi connectivity index (χ0) is 7.11. The molecule has 0 amide bonds. The predicted molar refractivity (Wildman–Crippen MR) is 39.6 cm³/mol. The molecule has 0 aromatic carbocycles. The average molecular weight is 193 g/mol. The number of hydrogen-bond acceptors (Lipinski definition) is 2. The molecule has 0 bridgehead atoms. The molecule has 0 rings (SSSR count). The molecule has 0 aliphatic carbocycles. The number of esters is 1. The van der Waals surface area contributed by atoms with E-state index in [-0.39, 0.29) is 5.97 Å². The van der Waals surface area contributed by atoms with E-state index in [1.54, 1.807) is 6.08 Å². The second-order valence-corrected chi connectivity index (χ2v) is 2.08. The first-order chi connectivity index (χ1) is 4.27. The van der Waals surface area contributed by atoms with Gasteiger partial charge in [0.1, 0.15) is 6.61 Å². The van der Waals surface area contributed by atoms with E-state index in [1.165, 1.54) is 6.92 Å². The maximum absolute atomic E-state index is 10.1. The molecule has 0 aliphatic heterocycles. The quantitative estimate of drug-likeness (QED) is 0.385. The van der Waals surface area contributed by atoms with Crippen LogP contribution in [0.5, 0.6) is 0 Å². The van der Waals surface area contributed by atoms with Crippen molar-refractivity contribution in [2.45, 2.75) is 6.92 Å². The number of allylic oxidation sites excluding steroid dienone is 1. The summed E-state index contributed by atoms with van der Waals surface area (Å²) in [5, 5.41) is 0.800. The number of carbonyl (C=O) groups is 1. The highest BCUT2D eigenvalue weighted by Gasteiger charge is 1.84. The van der Waals surface area contributed by atoms with Crippen molar-refractivity contribution in [1.82, 2.24) is 0 Å². The molecule has 0 unspecified atom stereocenters.